The molecule has 0 aliphatic heterocycles. The van der Waals surface area contributed by atoms with Crippen molar-refractivity contribution in [3.05, 3.63) is 88.7 Å². The van der Waals surface area contributed by atoms with Crippen LogP contribution in [0.1, 0.15) is 46.1 Å². The lowest BCUT2D eigenvalue weighted by Gasteiger charge is -2.24. The fraction of sp³-hybridized carbons (Fsp3) is 0.261. The number of fused-ring (bicyclic) bond motifs is 1. The van der Waals surface area contributed by atoms with E-state index < -0.39 is 17.5 Å². The summed E-state index contributed by atoms with van der Waals surface area (Å²) in [5.74, 6) is -2.79. The van der Waals surface area contributed by atoms with Gasteiger partial charge in [-0.1, -0.05) is 30.3 Å². The number of nitrogens with one attached hydrogen (secondary N) is 2. The van der Waals surface area contributed by atoms with Crippen molar-refractivity contribution >= 4 is 11.8 Å². The van der Waals surface area contributed by atoms with Gasteiger partial charge >= 0.3 is 0 Å². The molecule has 1 heterocycles. The highest BCUT2D eigenvalue weighted by atomic mass is 19.1. The first-order chi connectivity index (χ1) is 15.0. The van der Waals surface area contributed by atoms with E-state index in [1.807, 2.05) is 35.0 Å². The number of carbonyl (C=O) groups excluding carboxylic acids is 2. The van der Waals surface area contributed by atoms with Gasteiger partial charge in [0.25, 0.3) is 5.91 Å². The molecule has 31 heavy (non-hydrogen) atoms. The van der Waals surface area contributed by atoms with E-state index in [1.54, 1.807) is 6.20 Å². The Morgan fingerprint density at radius 3 is 2.58 bits per heavy atom. The molecule has 0 saturated carbocycles. The standard InChI is InChI=1S/C23H22F2N4O2/c24-17-9-16(10-18(25)11-17)23(31)26-13-22(30)28-20-7-4-8-21-19(20)12-27-29(21)14-15-5-2-1-3-6-15/h1-3,5-6,9-12,20H,4,7-8,13-14H2,(H,26,31)(H,28,30). The summed E-state index contributed by atoms with van der Waals surface area (Å²) in [6, 6.07) is 12.4. The topological polar surface area (TPSA) is 76.0 Å². The Bertz CT molecular complexity index is 1080. The summed E-state index contributed by atoms with van der Waals surface area (Å²) in [4.78, 5) is 24.5. The average Bonchev–Trinajstić information content (AvgIpc) is 3.16. The molecule has 2 aromatic carbocycles. The minimum absolute atomic E-state index is 0.174. The van der Waals surface area contributed by atoms with Crippen molar-refractivity contribution in [3.63, 3.8) is 0 Å². The summed E-state index contributed by atoms with van der Waals surface area (Å²) in [6.45, 7) is 0.373. The number of hydrogen-bond acceptors (Lipinski definition) is 3. The van der Waals surface area contributed by atoms with Crippen LogP contribution in [0.15, 0.2) is 54.7 Å². The van der Waals surface area contributed by atoms with Crippen molar-refractivity contribution in [1.82, 2.24) is 20.4 Å². The minimum atomic E-state index is -0.850. The van der Waals surface area contributed by atoms with Crippen LogP contribution in [0, 0.1) is 11.6 Å². The molecule has 160 valence electrons. The zero-order chi connectivity index (χ0) is 21.8. The summed E-state index contributed by atoms with van der Waals surface area (Å²) in [7, 11) is 0. The molecule has 1 aliphatic carbocycles. The molecule has 4 rings (SSSR count). The Labute approximate surface area is 178 Å². The fourth-order valence-electron chi connectivity index (χ4n) is 3.85. The molecule has 0 spiro atoms. The summed E-state index contributed by atoms with van der Waals surface area (Å²) in [5, 5.41) is 9.83. The first-order valence-electron chi connectivity index (χ1n) is 10.1. The third kappa shape index (κ3) is 4.96. The summed E-state index contributed by atoms with van der Waals surface area (Å²) in [5.41, 5.74) is 3.05. The van der Waals surface area contributed by atoms with Gasteiger partial charge in [-0.2, -0.15) is 5.10 Å². The van der Waals surface area contributed by atoms with Gasteiger partial charge in [0, 0.05) is 22.9 Å². The zero-order valence-electron chi connectivity index (χ0n) is 16.8. The molecule has 1 unspecified atom stereocenters. The van der Waals surface area contributed by atoms with E-state index in [2.05, 4.69) is 15.7 Å². The molecule has 0 saturated heterocycles. The van der Waals surface area contributed by atoms with Crippen LogP contribution in [0.25, 0.3) is 0 Å². The third-order valence-corrected chi connectivity index (χ3v) is 5.31. The van der Waals surface area contributed by atoms with Crippen LogP contribution < -0.4 is 10.6 Å². The van der Waals surface area contributed by atoms with Gasteiger partial charge in [0.1, 0.15) is 11.6 Å². The highest BCUT2D eigenvalue weighted by Gasteiger charge is 2.25. The van der Waals surface area contributed by atoms with E-state index in [4.69, 9.17) is 0 Å². The number of aromatic nitrogens is 2. The van der Waals surface area contributed by atoms with E-state index >= 15 is 0 Å². The van der Waals surface area contributed by atoms with Gasteiger partial charge in [-0.05, 0) is 37.0 Å². The second-order valence-electron chi connectivity index (χ2n) is 7.54. The molecule has 0 bridgehead atoms. The van der Waals surface area contributed by atoms with E-state index in [9.17, 15) is 18.4 Å². The Balaban J connectivity index is 1.37. The number of rotatable bonds is 6. The van der Waals surface area contributed by atoms with Crippen LogP contribution in [-0.4, -0.2) is 28.1 Å². The van der Waals surface area contributed by atoms with Crippen molar-refractivity contribution < 1.29 is 18.4 Å². The maximum Gasteiger partial charge on any atom is 0.251 e. The fourth-order valence-corrected chi connectivity index (χ4v) is 3.85. The summed E-state index contributed by atoms with van der Waals surface area (Å²) < 4.78 is 28.5. The van der Waals surface area contributed by atoms with E-state index in [0.29, 0.717) is 12.6 Å². The van der Waals surface area contributed by atoms with Crippen LogP contribution in [-0.2, 0) is 17.8 Å². The van der Waals surface area contributed by atoms with Crippen molar-refractivity contribution in [2.45, 2.75) is 31.8 Å². The molecule has 6 nitrogen and oxygen atoms in total. The van der Waals surface area contributed by atoms with Gasteiger partial charge < -0.3 is 10.6 Å². The quantitative estimate of drug-likeness (QED) is 0.638. The van der Waals surface area contributed by atoms with Crippen LogP contribution in [0.2, 0.25) is 0 Å². The van der Waals surface area contributed by atoms with Gasteiger partial charge in [-0.3, -0.25) is 14.3 Å². The molecule has 3 aromatic rings. The second-order valence-corrected chi connectivity index (χ2v) is 7.54. The van der Waals surface area contributed by atoms with Gasteiger partial charge in [-0.25, -0.2) is 8.78 Å². The van der Waals surface area contributed by atoms with Crippen LogP contribution in [0.4, 0.5) is 8.78 Å². The highest BCUT2D eigenvalue weighted by Crippen LogP contribution is 2.29. The van der Waals surface area contributed by atoms with Crippen molar-refractivity contribution in [3.8, 4) is 0 Å². The normalized spacial score (nSPS) is 15.2. The molecule has 2 N–H and O–H groups in total. The van der Waals surface area contributed by atoms with Gasteiger partial charge in [0.2, 0.25) is 5.91 Å². The third-order valence-electron chi connectivity index (χ3n) is 5.31. The van der Waals surface area contributed by atoms with Crippen molar-refractivity contribution in [2.24, 2.45) is 0 Å². The predicted molar refractivity (Wildman–Crippen MR) is 110 cm³/mol. The maximum absolute atomic E-state index is 13.3. The Hall–Kier alpha value is -3.55. The summed E-state index contributed by atoms with van der Waals surface area (Å²) in [6.07, 6.45) is 4.36. The Kier molecular flexibility index (Phi) is 6.06. The van der Waals surface area contributed by atoms with Gasteiger partial charge in [-0.15, -0.1) is 0 Å². The van der Waals surface area contributed by atoms with Gasteiger partial charge in [0.05, 0.1) is 25.3 Å². The van der Waals surface area contributed by atoms with E-state index in [0.717, 1.165) is 48.2 Å². The molecule has 0 fully saturated rings. The molecule has 1 aromatic heterocycles. The Morgan fingerprint density at radius 1 is 1.10 bits per heavy atom. The molecule has 2 amide bonds. The number of amides is 2. The monoisotopic (exact) mass is 424 g/mol. The average molecular weight is 424 g/mol. The van der Waals surface area contributed by atoms with Crippen LogP contribution in [0.3, 0.4) is 0 Å². The summed E-state index contributed by atoms with van der Waals surface area (Å²) >= 11 is 0. The number of carbonyl (C=O) groups is 2. The minimum Gasteiger partial charge on any atom is -0.348 e. The number of hydrogen-bond donors (Lipinski definition) is 2. The Morgan fingerprint density at radius 2 is 1.84 bits per heavy atom. The number of benzene rings is 2. The van der Waals surface area contributed by atoms with Gasteiger partial charge in [0.15, 0.2) is 0 Å². The molecular weight excluding hydrogens is 402 g/mol. The lowest BCUT2D eigenvalue weighted by molar-refractivity contribution is -0.121. The van der Waals surface area contributed by atoms with Crippen molar-refractivity contribution in [1.29, 1.82) is 0 Å². The maximum atomic E-state index is 13.3. The highest BCUT2D eigenvalue weighted by molar-refractivity contribution is 5.96. The first-order valence-corrected chi connectivity index (χ1v) is 10.1. The smallest absolute Gasteiger partial charge is 0.251 e. The number of nitrogens with zero attached hydrogens (tertiary/aromatic N) is 2. The molecular formula is C23H22F2N4O2. The largest absolute Gasteiger partial charge is 0.348 e. The van der Waals surface area contributed by atoms with Crippen LogP contribution >= 0.6 is 0 Å². The van der Waals surface area contributed by atoms with E-state index in [-0.39, 0.29) is 24.1 Å². The lowest BCUT2D eigenvalue weighted by Crippen LogP contribution is -2.39. The second kappa shape index (κ2) is 9.07. The molecule has 1 atom stereocenters. The lowest BCUT2D eigenvalue weighted by atomic mass is 9.93. The predicted octanol–water partition coefficient (Wildman–Crippen LogP) is 3.13. The molecule has 1 aliphatic rings. The number of halogens is 2. The molecule has 8 heteroatoms. The zero-order valence-corrected chi connectivity index (χ0v) is 16.8. The SMILES string of the molecule is O=C(CNC(=O)c1cc(F)cc(F)c1)NC1CCCc2c1cnn2Cc1ccccc1. The first kappa shape index (κ1) is 20.7. The molecule has 0 radical (unpaired) electrons. The van der Waals surface area contributed by atoms with Crippen molar-refractivity contribution in [2.75, 3.05) is 6.54 Å². The van der Waals surface area contributed by atoms with Crippen LogP contribution in [0.5, 0.6) is 0 Å². The van der Waals surface area contributed by atoms with E-state index in [1.165, 1.54) is 0 Å².